The van der Waals surface area contributed by atoms with Gasteiger partial charge in [-0.2, -0.15) is 18.2 Å². The molecule has 0 aliphatic heterocycles. The summed E-state index contributed by atoms with van der Waals surface area (Å²) in [6.07, 6.45) is -4.41. The lowest BCUT2D eigenvalue weighted by molar-refractivity contribution is -0.137. The van der Waals surface area contributed by atoms with Gasteiger partial charge in [0.1, 0.15) is 5.75 Å². The fourth-order valence-corrected chi connectivity index (χ4v) is 3.77. The van der Waals surface area contributed by atoms with E-state index in [-0.39, 0.29) is 6.54 Å². The summed E-state index contributed by atoms with van der Waals surface area (Å²) in [5, 5.41) is 0.721. The van der Waals surface area contributed by atoms with Crippen molar-refractivity contribution in [3.63, 3.8) is 0 Å². The number of ether oxygens (including phenoxy) is 1. The second-order valence-corrected chi connectivity index (χ2v) is 8.18. The minimum Gasteiger partial charge on any atom is -0.497 e. The minimum atomic E-state index is -4.41. The highest BCUT2D eigenvalue weighted by Crippen LogP contribution is 2.31. The molecule has 0 atom stereocenters. The number of nitrogens with zero attached hydrogens (tertiary/aromatic N) is 2. The van der Waals surface area contributed by atoms with Gasteiger partial charge < -0.3 is 4.74 Å². The standard InChI is InChI=1S/C26H23F3N2O2/c1-16(2)18-6-8-19(9-7-18)24-22-14-21(33-3)12-13-23(22)31(25(32)30-24)15-17-4-10-20(11-5-17)26(27,28)29/h4-14,16H,15H2,1-3H3. The number of alkyl halides is 3. The van der Waals surface area contributed by atoms with Crippen molar-refractivity contribution >= 4 is 10.9 Å². The van der Waals surface area contributed by atoms with Crippen LogP contribution in [0.4, 0.5) is 13.2 Å². The summed E-state index contributed by atoms with van der Waals surface area (Å²) in [6.45, 7) is 4.31. The zero-order valence-electron chi connectivity index (χ0n) is 18.5. The van der Waals surface area contributed by atoms with Crippen molar-refractivity contribution in [2.45, 2.75) is 32.5 Å². The quantitative estimate of drug-likeness (QED) is 0.359. The first-order chi connectivity index (χ1) is 15.7. The molecular weight excluding hydrogens is 429 g/mol. The largest absolute Gasteiger partial charge is 0.497 e. The molecule has 0 N–H and O–H groups in total. The van der Waals surface area contributed by atoms with Crippen LogP contribution in [-0.4, -0.2) is 16.7 Å². The molecule has 0 amide bonds. The molecule has 4 rings (SSSR count). The molecule has 4 nitrogen and oxygen atoms in total. The van der Waals surface area contributed by atoms with Crippen molar-refractivity contribution in [1.29, 1.82) is 0 Å². The van der Waals surface area contributed by atoms with Crippen molar-refractivity contribution in [3.05, 3.63) is 93.9 Å². The van der Waals surface area contributed by atoms with Gasteiger partial charge in [0.05, 0.1) is 30.4 Å². The minimum absolute atomic E-state index is 0.0966. The summed E-state index contributed by atoms with van der Waals surface area (Å²) in [5.41, 5.74) is 2.50. The van der Waals surface area contributed by atoms with Crippen LogP contribution in [0.1, 0.15) is 36.5 Å². The first kappa shape index (κ1) is 22.6. The number of halogens is 3. The SMILES string of the molecule is COc1ccc2c(c1)c(-c1ccc(C(C)C)cc1)nc(=O)n2Cc1ccc(C(F)(F)F)cc1. The van der Waals surface area contributed by atoms with Crippen LogP contribution in [0.25, 0.3) is 22.2 Å². The van der Waals surface area contributed by atoms with E-state index in [0.29, 0.717) is 28.4 Å². The van der Waals surface area contributed by atoms with E-state index in [0.717, 1.165) is 23.1 Å². The molecule has 7 heteroatoms. The van der Waals surface area contributed by atoms with E-state index >= 15 is 0 Å². The van der Waals surface area contributed by atoms with Crippen molar-refractivity contribution < 1.29 is 17.9 Å². The number of hydrogen-bond acceptors (Lipinski definition) is 3. The average Bonchev–Trinajstić information content (AvgIpc) is 2.80. The fourth-order valence-electron chi connectivity index (χ4n) is 3.77. The van der Waals surface area contributed by atoms with Gasteiger partial charge in [0, 0.05) is 10.9 Å². The summed E-state index contributed by atoms with van der Waals surface area (Å²) in [5.74, 6) is 0.990. The summed E-state index contributed by atoms with van der Waals surface area (Å²) < 4.78 is 45.5. The fraction of sp³-hybridized carbons (Fsp3) is 0.231. The Morgan fingerprint density at radius 2 is 1.64 bits per heavy atom. The summed E-state index contributed by atoms with van der Waals surface area (Å²) >= 11 is 0. The first-order valence-electron chi connectivity index (χ1n) is 10.5. The van der Waals surface area contributed by atoms with Crippen LogP contribution in [0.2, 0.25) is 0 Å². The Bertz CT molecular complexity index is 1340. The molecular formula is C26H23F3N2O2. The van der Waals surface area contributed by atoms with Gasteiger partial charge >= 0.3 is 11.9 Å². The lowest BCUT2D eigenvalue weighted by Crippen LogP contribution is -2.24. The average molecular weight is 452 g/mol. The molecule has 0 aliphatic rings. The van der Waals surface area contributed by atoms with E-state index in [1.807, 2.05) is 30.3 Å². The topological polar surface area (TPSA) is 44.1 Å². The molecule has 0 unspecified atom stereocenters. The molecule has 3 aromatic carbocycles. The molecule has 0 saturated heterocycles. The molecule has 0 spiro atoms. The molecule has 170 valence electrons. The molecule has 4 aromatic rings. The van der Waals surface area contributed by atoms with Crippen LogP contribution < -0.4 is 10.4 Å². The van der Waals surface area contributed by atoms with Gasteiger partial charge in [-0.3, -0.25) is 4.57 Å². The van der Waals surface area contributed by atoms with Crippen LogP contribution in [0.5, 0.6) is 5.75 Å². The summed E-state index contributed by atoms with van der Waals surface area (Å²) in [6, 6.07) is 18.0. The number of benzene rings is 3. The molecule has 0 radical (unpaired) electrons. The Hall–Kier alpha value is -3.61. The van der Waals surface area contributed by atoms with E-state index in [4.69, 9.17) is 4.74 Å². The molecule has 0 saturated carbocycles. The van der Waals surface area contributed by atoms with Crippen molar-refractivity contribution in [2.75, 3.05) is 7.11 Å². The normalized spacial score (nSPS) is 11.8. The Morgan fingerprint density at radius 1 is 0.970 bits per heavy atom. The maximum Gasteiger partial charge on any atom is 0.416 e. The molecule has 0 aliphatic carbocycles. The third-order valence-electron chi connectivity index (χ3n) is 5.66. The first-order valence-corrected chi connectivity index (χ1v) is 10.5. The van der Waals surface area contributed by atoms with Crippen LogP contribution in [0.15, 0.2) is 71.5 Å². The molecule has 33 heavy (non-hydrogen) atoms. The Labute approximate surface area is 189 Å². The van der Waals surface area contributed by atoms with E-state index in [1.165, 1.54) is 22.3 Å². The van der Waals surface area contributed by atoms with Gasteiger partial charge in [0.25, 0.3) is 0 Å². The second-order valence-electron chi connectivity index (χ2n) is 8.18. The van der Waals surface area contributed by atoms with Crippen molar-refractivity contribution in [3.8, 4) is 17.0 Å². The zero-order chi connectivity index (χ0) is 23.8. The van der Waals surface area contributed by atoms with Gasteiger partial charge in [-0.25, -0.2) is 4.79 Å². The number of fused-ring (bicyclic) bond motifs is 1. The summed E-state index contributed by atoms with van der Waals surface area (Å²) in [4.78, 5) is 17.4. The zero-order valence-corrected chi connectivity index (χ0v) is 18.5. The van der Waals surface area contributed by atoms with Crippen molar-refractivity contribution in [1.82, 2.24) is 9.55 Å². The smallest absolute Gasteiger partial charge is 0.416 e. The van der Waals surface area contributed by atoms with Crippen LogP contribution in [0.3, 0.4) is 0 Å². The summed E-state index contributed by atoms with van der Waals surface area (Å²) in [7, 11) is 1.56. The predicted molar refractivity (Wildman–Crippen MR) is 123 cm³/mol. The number of methoxy groups -OCH3 is 1. The molecule has 1 aromatic heterocycles. The van der Waals surface area contributed by atoms with Gasteiger partial charge in [0.2, 0.25) is 0 Å². The van der Waals surface area contributed by atoms with E-state index in [1.54, 1.807) is 19.2 Å². The Morgan fingerprint density at radius 3 is 2.21 bits per heavy atom. The lowest BCUT2D eigenvalue weighted by Gasteiger charge is -2.15. The Kier molecular flexibility index (Phi) is 5.97. The monoisotopic (exact) mass is 452 g/mol. The number of hydrogen-bond donors (Lipinski definition) is 0. The maximum absolute atomic E-state index is 13.0. The maximum atomic E-state index is 13.0. The van der Waals surface area contributed by atoms with Crippen LogP contribution >= 0.6 is 0 Å². The van der Waals surface area contributed by atoms with Gasteiger partial charge in [-0.05, 0) is 47.4 Å². The number of aromatic nitrogens is 2. The molecule has 1 heterocycles. The van der Waals surface area contributed by atoms with Crippen molar-refractivity contribution in [2.24, 2.45) is 0 Å². The second kappa shape index (κ2) is 8.73. The van der Waals surface area contributed by atoms with Crippen LogP contribution in [0, 0.1) is 0 Å². The third kappa shape index (κ3) is 4.62. The van der Waals surface area contributed by atoms with E-state index < -0.39 is 17.4 Å². The van der Waals surface area contributed by atoms with Gasteiger partial charge in [0.15, 0.2) is 0 Å². The highest BCUT2D eigenvalue weighted by Gasteiger charge is 2.30. The molecule has 0 bridgehead atoms. The number of rotatable bonds is 5. The lowest BCUT2D eigenvalue weighted by atomic mass is 9.99. The van der Waals surface area contributed by atoms with Crippen LogP contribution in [-0.2, 0) is 12.7 Å². The highest BCUT2D eigenvalue weighted by molar-refractivity contribution is 5.93. The highest BCUT2D eigenvalue weighted by atomic mass is 19.4. The third-order valence-corrected chi connectivity index (χ3v) is 5.66. The predicted octanol–water partition coefficient (Wildman–Crippen LogP) is 6.26. The molecule has 0 fully saturated rings. The van der Waals surface area contributed by atoms with Gasteiger partial charge in [-0.1, -0.05) is 50.2 Å². The Balaban J connectivity index is 1.83. The van der Waals surface area contributed by atoms with E-state index in [9.17, 15) is 18.0 Å². The van der Waals surface area contributed by atoms with Gasteiger partial charge in [-0.15, -0.1) is 0 Å². The van der Waals surface area contributed by atoms with E-state index in [2.05, 4.69) is 18.8 Å².